The molecule has 62 heavy (non-hydrogen) atoms. The Morgan fingerprint density at radius 3 is 2.05 bits per heavy atom. The molecule has 3 fully saturated rings. The molecule has 4 nitrogen and oxygen atoms in total. The fourth-order valence-corrected chi connectivity index (χ4v) is 13.2. The Bertz CT molecular complexity index is 1240. The summed E-state index contributed by atoms with van der Waals surface area (Å²) in [6.45, 7) is 19.4. The Morgan fingerprint density at radius 2 is 1.35 bits per heavy atom. The van der Waals surface area contributed by atoms with E-state index < -0.39 is 0 Å². The van der Waals surface area contributed by atoms with Crippen molar-refractivity contribution in [2.24, 2.45) is 46.3 Å². The van der Waals surface area contributed by atoms with Crippen molar-refractivity contribution >= 4 is 0 Å². The molecule has 0 spiro atoms. The number of nitrogens with zero attached hydrogens (tertiary/aromatic N) is 1. The van der Waals surface area contributed by atoms with Gasteiger partial charge in [0.1, 0.15) is 0 Å². The van der Waals surface area contributed by atoms with Gasteiger partial charge in [-0.3, -0.25) is 0 Å². The third-order valence-corrected chi connectivity index (χ3v) is 16.9. The molecule has 4 rings (SSSR count). The largest absolute Gasteiger partial charge is 0.379 e. The van der Waals surface area contributed by atoms with Crippen LogP contribution in [0.1, 0.15) is 228 Å². The van der Waals surface area contributed by atoms with E-state index >= 15 is 0 Å². The second-order valence-corrected chi connectivity index (χ2v) is 22.6. The highest BCUT2D eigenvalue weighted by atomic mass is 16.5. The number of rotatable bonds is 35. The number of ether oxygens (including phenoxy) is 3. The van der Waals surface area contributed by atoms with Crippen molar-refractivity contribution in [3.05, 3.63) is 36.0 Å². The predicted octanol–water partition coefficient (Wildman–Crippen LogP) is 16.5. The molecule has 0 N–H and O–H groups in total. The van der Waals surface area contributed by atoms with E-state index in [0.29, 0.717) is 16.9 Å². The van der Waals surface area contributed by atoms with E-state index in [1.165, 1.54) is 173 Å². The van der Waals surface area contributed by atoms with Crippen LogP contribution in [0.15, 0.2) is 36.0 Å². The van der Waals surface area contributed by atoms with Gasteiger partial charge < -0.3 is 19.1 Å². The van der Waals surface area contributed by atoms with Crippen molar-refractivity contribution in [2.45, 2.75) is 240 Å². The number of likely N-dealkylation sites (N-methyl/N-ethyl adjacent to an activating group) is 1. The highest BCUT2D eigenvalue weighted by Gasteiger charge is 2.59. The predicted molar refractivity (Wildman–Crippen MR) is 269 cm³/mol. The van der Waals surface area contributed by atoms with Crippen LogP contribution >= 0.6 is 0 Å². The lowest BCUT2D eigenvalue weighted by molar-refractivity contribution is -0.0641. The Hall–Kier alpha value is -0.940. The maximum absolute atomic E-state index is 6.61. The third kappa shape index (κ3) is 18.4. The Labute approximate surface area is 387 Å². The molecule has 360 valence electrons. The summed E-state index contributed by atoms with van der Waals surface area (Å²) in [5.41, 5.74) is 2.79. The van der Waals surface area contributed by atoms with E-state index in [9.17, 15) is 0 Å². The molecule has 0 aromatic rings. The number of allylic oxidation sites excluding steroid dienone is 5. The fraction of sp³-hybridized carbons (Fsp3) is 0.897. The van der Waals surface area contributed by atoms with Crippen molar-refractivity contribution in [1.82, 2.24) is 4.90 Å². The van der Waals surface area contributed by atoms with Crippen LogP contribution in [0.3, 0.4) is 0 Å². The van der Waals surface area contributed by atoms with Gasteiger partial charge in [0, 0.05) is 26.4 Å². The molecular formula is C58H105NO3. The van der Waals surface area contributed by atoms with E-state index in [2.05, 4.69) is 90.9 Å². The summed E-state index contributed by atoms with van der Waals surface area (Å²) in [4.78, 5) is 2.23. The van der Waals surface area contributed by atoms with Gasteiger partial charge in [-0.1, -0.05) is 161 Å². The monoisotopic (exact) mass is 864 g/mol. The zero-order chi connectivity index (χ0) is 44.5. The van der Waals surface area contributed by atoms with Crippen LogP contribution < -0.4 is 0 Å². The van der Waals surface area contributed by atoms with Crippen molar-refractivity contribution in [3.63, 3.8) is 0 Å². The lowest BCUT2D eigenvalue weighted by Crippen LogP contribution is -2.51. The lowest BCUT2D eigenvalue weighted by atomic mass is 9.47. The van der Waals surface area contributed by atoms with Crippen molar-refractivity contribution in [1.29, 1.82) is 0 Å². The average molecular weight is 864 g/mol. The first-order valence-electron chi connectivity index (χ1n) is 27.5. The zero-order valence-electron chi connectivity index (χ0n) is 42.7. The molecule has 0 heterocycles. The number of fused-ring (bicyclic) bond motifs is 5. The Balaban J connectivity index is 0.980. The van der Waals surface area contributed by atoms with Crippen LogP contribution in [-0.4, -0.2) is 64.2 Å². The standard InChI is InChI=1S/C58H105NO3/c1-9-10-11-12-13-14-15-16-17-18-19-20-21-22-25-28-42-60-47-52(46-59(7)8)62-44-30-27-24-23-26-29-43-61-51-38-40-57(5)50(45-51)34-35-53-55-37-36-54(49(4)33-31-32-48(2)3)58(55,6)41-39-56(53)57/h13-14,16-17,34,48-49,51-56H,9-12,15,18-33,35-47H2,1-8H3/b14-13-,17-16-/t49?,51-,52?,53-,54+,55-,56-,57-,58+/m0/s1. The summed E-state index contributed by atoms with van der Waals surface area (Å²) < 4.78 is 19.0. The van der Waals surface area contributed by atoms with Gasteiger partial charge in [0.15, 0.2) is 0 Å². The molecule has 0 radical (unpaired) electrons. The molecule has 4 aliphatic carbocycles. The van der Waals surface area contributed by atoms with Crippen molar-refractivity contribution < 1.29 is 14.2 Å². The van der Waals surface area contributed by atoms with Gasteiger partial charge in [-0.15, -0.1) is 0 Å². The molecule has 4 heteroatoms. The third-order valence-electron chi connectivity index (χ3n) is 16.9. The molecule has 0 amide bonds. The maximum atomic E-state index is 6.61. The molecule has 4 aliphatic rings. The molecule has 2 unspecified atom stereocenters. The minimum absolute atomic E-state index is 0.173. The molecule has 0 aliphatic heterocycles. The van der Waals surface area contributed by atoms with Crippen molar-refractivity contribution in [3.8, 4) is 0 Å². The van der Waals surface area contributed by atoms with Gasteiger partial charge in [0.25, 0.3) is 0 Å². The van der Waals surface area contributed by atoms with Crippen LogP contribution in [0.5, 0.6) is 0 Å². The number of hydrogen-bond acceptors (Lipinski definition) is 4. The normalized spacial score (nSPS) is 28.5. The van der Waals surface area contributed by atoms with Gasteiger partial charge in [-0.2, -0.15) is 0 Å². The van der Waals surface area contributed by atoms with Crippen molar-refractivity contribution in [2.75, 3.05) is 47.1 Å². The molecule has 9 atom stereocenters. The van der Waals surface area contributed by atoms with E-state index in [0.717, 1.165) is 81.3 Å². The zero-order valence-corrected chi connectivity index (χ0v) is 42.7. The van der Waals surface area contributed by atoms with Gasteiger partial charge in [-0.05, 0) is 163 Å². The summed E-state index contributed by atoms with van der Waals surface area (Å²) in [7, 11) is 4.28. The highest BCUT2D eigenvalue weighted by molar-refractivity contribution is 5.25. The minimum atomic E-state index is 0.173. The summed E-state index contributed by atoms with van der Waals surface area (Å²) in [5.74, 6) is 5.49. The molecule has 3 saturated carbocycles. The summed E-state index contributed by atoms with van der Waals surface area (Å²) in [5, 5.41) is 0. The van der Waals surface area contributed by atoms with Crippen LogP contribution in [0.4, 0.5) is 0 Å². The quantitative estimate of drug-likeness (QED) is 0.0469. The van der Waals surface area contributed by atoms with Crippen LogP contribution in [0.25, 0.3) is 0 Å². The second-order valence-electron chi connectivity index (χ2n) is 22.6. The lowest BCUT2D eigenvalue weighted by Gasteiger charge is -2.58. The SMILES string of the molecule is CCCCC/C=C\C/C=C\CCCCCCCCOCC(CN(C)C)OCCCCCCCCO[C@H]1CC[C@@]2(C)C(=CC[C@H]3[C@@H]4CC[C@H](C(C)CCCC(C)C)[C@@]4(C)CC[C@@H]32)C1. The van der Waals surface area contributed by atoms with E-state index in [1.54, 1.807) is 5.57 Å². The van der Waals surface area contributed by atoms with Gasteiger partial charge in [0.2, 0.25) is 0 Å². The maximum Gasteiger partial charge on any atom is 0.0934 e. The van der Waals surface area contributed by atoms with Gasteiger partial charge in [0.05, 0.1) is 18.8 Å². The van der Waals surface area contributed by atoms with Gasteiger partial charge >= 0.3 is 0 Å². The molecule has 0 bridgehead atoms. The molecule has 0 saturated heterocycles. The Morgan fingerprint density at radius 1 is 0.694 bits per heavy atom. The first-order valence-corrected chi connectivity index (χ1v) is 27.5. The molecule has 0 aromatic carbocycles. The van der Waals surface area contributed by atoms with E-state index in [1.807, 2.05) is 0 Å². The first-order chi connectivity index (χ1) is 30.1. The molecule has 0 aromatic heterocycles. The van der Waals surface area contributed by atoms with Crippen LogP contribution in [0.2, 0.25) is 0 Å². The topological polar surface area (TPSA) is 30.9 Å². The average Bonchev–Trinajstić information content (AvgIpc) is 3.60. The summed E-state index contributed by atoms with van der Waals surface area (Å²) in [6.07, 6.45) is 51.1. The molecular weight excluding hydrogens is 759 g/mol. The van der Waals surface area contributed by atoms with E-state index in [4.69, 9.17) is 14.2 Å². The minimum Gasteiger partial charge on any atom is -0.379 e. The summed E-state index contributed by atoms with van der Waals surface area (Å²) in [6, 6.07) is 0. The smallest absolute Gasteiger partial charge is 0.0934 e. The number of hydrogen-bond donors (Lipinski definition) is 0. The van der Waals surface area contributed by atoms with E-state index in [-0.39, 0.29) is 6.10 Å². The van der Waals surface area contributed by atoms with Crippen LogP contribution in [-0.2, 0) is 14.2 Å². The highest BCUT2D eigenvalue weighted by Crippen LogP contribution is 2.67. The fourth-order valence-electron chi connectivity index (χ4n) is 13.2. The first kappa shape index (κ1) is 53.7. The second kappa shape index (κ2) is 30.4. The number of unbranched alkanes of at least 4 members (excludes halogenated alkanes) is 14. The Kier molecular flexibility index (Phi) is 26.3. The van der Waals surface area contributed by atoms with Crippen LogP contribution in [0, 0.1) is 46.3 Å². The van der Waals surface area contributed by atoms with Gasteiger partial charge in [-0.25, -0.2) is 0 Å². The summed E-state index contributed by atoms with van der Waals surface area (Å²) >= 11 is 0.